The molecule has 1 N–H and O–H groups in total. The van der Waals surface area contributed by atoms with Crippen molar-refractivity contribution < 1.29 is 9.90 Å². The second-order valence-corrected chi connectivity index (χ2v) is 5.01. The molecule has 0 aliphatic heterocycles. The van der Waals surface area contributed by atoms with Gasteiger partial charge in [-0.3, -0.25) is 4.79 Å². The minimum Gasteiger partial charge on any atom is -0.481 e. The Morgan fingerprint density at radius 2 is 2.18 bits per heavy atom. The van der Waals surface area contributed by atoms with Crippen LogP contribution in [0.1, 0.15) is 37.5 Å². The Hall–Kier alpha value is -1.50. The van der Waals surface area contributed by atoms with Crippen LogP contribution in [0.4, 0.5) is 0 Å². The highest BCUT2D eigenvalue weighted by Gasteiger charge is 2.25. The fourth-order valence-electron chi connectivity index (χ4n) is 1.50. The number of fused-ring (bicyclic) bond motifs is 1. The summed E-state index contributed by atoms with van der Waals surface area (Å²) in [6.45, 7) is 5.55. The Morgan fingerprint density at radius 1 is 1.47 bits per heavy atom. The Kier molecular flexibility index (Phi) is 3.10. The fraction of sp³-hybridized carbons (Fsp3) is 0.600. The van der Waals surface area contributed by atoms with E-state index in [0.717, 1.165) is 22.2 Å². The highest BCUT2D eigenvalue weighted by atomic mass is 32.1. The van der Waals surface area contributed by atoms with Crippen molar-refractivity contribution in [3.63, 3.8) is 0 Å². The average molecular weight is 254 g/mol. The summed E-state index contributed by atoms with van der Waals surface area (Å²) in [4.78, 5) is 11.7. The molecule has 2 unspecified atom stereocenters. The monoisotopic (exact) mass is 254 g/mol. The second kappa shape index (κ2) is 4.40. The fourth-order valence-corrected chi connectivity index (χ4v) is 2.52. The van der Waals surface area contributed by atoms with Gasteiger partial charge in [-0.25, -0.2) is 0 Å². The van der Waals surface area contributed by atoms with Gasteiger partial charge in [-0.15, -0.1) is 10.2 Å². The molecule has 0 spiro atoms. The maximum absolute atomic E-state index is 10.9. The van der Waals surface area contributed by atoms with Crippen molar-refractivity contribution in [2.45, 2.75) is 33.1 Å². The third-order valence-corrected chi connectivity index (χ3v) is 4.02. The van der Waals surface area contributed by atoms with Gasteiger partial charge in [0, 0.05) is 12.3 Å². The molecule has 2 aromatic rings. The van der Waals surface area contributed by atoms with E-state index >= 15 is 0 Å². The first-order valence-corrected chi connectivity index (χ1v) is 6.30. The molecule has 0 aliphatic rings. The largest absolute Gasteiger partial charge is 0.481 e. The van der Waals surface area contributed by atoms with Crippen molar-refractivity contribution in [1.82, 2.24) is 19.8 Å². The summed E-state index contributed by atoms with van der Waals surface area (Å²) in [5, 5.41) is 22.2. The van der Waals surface area contributed by atoms with E-state index in [1.807, 2.05) is 13.8 Å². The van der Waals surface area contributed by atoms with Gasteiger partial charge >= 0.3 is 5.97 Å². The molecule has 0 amide bonds. The van der Waals surface area contributed by atoms with Gasteiger partial charge in [-0.05, 0) is 0 Å². The Bertz CT molecular complexity index is 547. The predicted molar refractivity (Wildman–Crippen MR) is 63.3 cm³/mol. The van der Waals surface area contributed by atoms with Crippen molar-refractivity contribution in [1.29, 1.82) is 0 Å². The highest BCUT2D eigenvalue weighted by molar-refractivity contribution is 7.16. The average Bonchev–Trinajstić information content (AvgIpc) is 2.85. The van der Waals surface area contributed by atoms with Crippen LogP contribution in [-0.4, -0.2) is 30.9 Å². The summed E-state index contributed by atoms with van der Waals surface area (Å²) in [7, 11) is 0. The third kappa shape index (κ3) is 2.02. The molecule has 17 heavy (non-hydrogen) atoms. The molecule has 92 valence electrons. The van der Waals surface area contributed by atoms with E-state index in [1.165, 1.54) is 11.3 Å². The number of carboxylic acid groups (broad SMARTS) is 1. The molecule has 2 atom stereocenters. The van der Waals surface area contributed by atoms with E-state index in [9.17, 15) is 4.79 Å². The van der Waals surface area contributed by atoms with Gasteiger partial charge in [0.2, 0.25) is 4.96 Å². The van der Waals surface area contributed by atoms with Gasteiger partial charge in [-0.2, -0.15) is 9.61 Å². The first-order chi connectivity index (χ1) is 8.04. The maximum Gasteiger partial charge on any atom is 0.306 e. The van der Waals surface area contributed by atoms with E-state index in [2.05, 4.69) is 15.3 Å². The summed E-state index contributed by atoms with van der Waals surface area (Å²) < 4.78 is 1.70. The van der Waals surface area contributed by atoms with Gasteiger partial charge in [0.1, 0.15) is 5.01 Å². The molecule has 2 rings (SSSR count). The number of aliphatic carboxylic acids is 1. The Balaban J connectivity index is 2.36. The Morgan fingerprint density at radius 3 is 2.76 bits per heavy atom. The summed E-state index contributed by atoms with van der Waals surface area (Å²) in [6.07, 6.45) is 0.757. The molecule has 0 aromatic carbocycles. The van der Waals surface area contributed by atoms with Crippen LogP contribution in [0.5, 0.6) is 0 Å². The van der Waals surface area contributed by atoms with Gasteiger partial charge in [0.25, 0.3) is 0 Å². The topological polar surface area (TPSA) is 80.4 Å². The van der Waals surface area contributed by atoms with Crippen LogP contribution in [0.2, 0.25) is 0 Å². The lowest BCUT2D eigenvalue weighted by molar-refractivity contribution is -0.141. The lowest BCUT2D eigenvalue weighted by Crippen LogP contribution is -2.16. The molecular weight excluding hydrogens is 240 g/mol. The second-order valence-electron chi connectivity index (χ2n) is 4.02. The number of nitrogens with zero attached hydrogens (tertiary/aromatic N) is 4. The van der Waals surface area contributed by atoms with E-state index in [0.29, 0.717) is 0 Å². The van der Waals surface area contributed by atoms with Crippen molar-refractivity contribution in [2.24, 2.45) is 5.92 Å². The maximum atomic E-state index is 10.9. The SMILES string of the molecule is CCc1nnc2sc(C(C)C(C)C(=O)O)nn12. The molecule has 0 radical (unpaired) electrons. The molecule has 6 nitrogen and oxygen atoms in total. The molecule has 2 heterocycles. The predicted octanol–water partition coefficient (Wildman–Crippen LogP) is 1.57. The normalized spacial score (nSPS) is 15.0. The molecular formula is C10H14N4O2S. The molecule has 2 aromatic heterocycles. The number of hydrogen-bond donors (Lipinski definition) is 1. The zero-order valence-electron chi connectivity index (χ0n) is 9.91. The van der Waals surface area contributed by atoms with Crippen LogP contribution >= 0.6 is 11.3 Å². The number of hydrogen-bond acceptors (Lipinski definition) is 5. The molecule has 0 bridgehead atoms. The lowest BCUT2D eigenvalue weighted by atomic mass is 9.97. The molecule has 7 heteroatoms. The summed E-state index contributed by atoms with van der Waals surface area (Å²) in [5.41, 5.74) is 0. The number of aromatic nitrogens is 4. The zero-order valence-corrected chi connectivity index (χ0v) is 10.7. The van der Waals surface area contributed by atoms with Crippen LogP contribution in [0.15, 0.2) is 0 Å². The van der Waals surface area contributed by atoms with Gasteiger partial charge in [-0.1, -0.05) is 32.1 Å². The molecule has 0 saturated carbocycles. The number of carboxylic acids is 1. The van der Waals surface area contributed by atoms with Crippen molar-refractivity contribution in [2.75, 3.05) is 0 Å². The van der Waals surface area contributed by atoms with E-state index in [1.54, 1.807) is 11.4 Å². The van der Waals surface area contributed by atoms with Crippen molar-refractivity contribution in [3.05, 3.63) is 10.8 Å². The first kappa shape index (κ1) is 12.0. The minimum atomic E-state index is -0.806. The van der Waals surface area contributed by atoms with E-state index in [-0.39, 0.29) is 5.92 Å². The van der Waals surface area contributed by atoms with E-state index < -0.39 is 11.9 Å². The van der Waals surface area contributed by atoms with Crippen LogP contribution in [-0.2, 0) is 11.2 Å². The van der Waals surface area contributed by atoms with E-state index in [4.69, 9.17) is 5.11 Å². The summed E-state index contributed by atoms with van der Waals surface area (Å²) in [6, 6.07) is 0. The van der Waals surface area contributed by atoms with Crippen LogP contribution in [0.25, 0.3) is 4.96 Å². The van der Waals surface area contributed by atoms with Crippen LogP contribution in [0, 0.1) is 5.92 Å². The first-order valence-electron chi connectivity index (χ1n) is 5.48. The molecule has 0 aliphatic carbocycles. The number of rotatable bonds is 4. The summed E-state index contributed by atoms with van der Waals surface area (Å²) >= 11 is 1.40. The zero-order chi connectivity index (χ0) is 12.6. The number of carbonyl (C=O) groups is 1. The standard InChI is InChI=1S/C10H14N4O2S/c1-4-7-11-12-10-14(7)13-8(17-10)5(2)6(3)9(15)16/h5-6H,4H2,1-3H3,(H,15,16). The highest BCUT2D eigenvalue weighted by Crippen LogP contribution is 2.28. The number of aryl methyl sites for hydroxylation is 1. The van der Waals surface area contributed by atoms with Crippen LogP contribution < -0.4 is 0 Å². The summed E-state index contributed by atoms with van der Waals surface area (Å²) in [5.74, 6) is -0.579. The van der Waals surface area contributed by atoms with Crippen molar-refractivity contribution in [3.8, 4) is 0 Å². The smallest absolute Gasteiger partial charge is 0.306 e. The third-order valence-electron chi connectivity index (χ3n) is 2.92. The molecule has 0 fully saturated rings. The minimum absolute atomic E-state index is 0.121. The molecule has 0 saturated heterocycles. The van der Waals surface area contributed by atoms with Gasteiger partial charge in [0.15, 0.2) is 5.82 Å². The van der Waals surface area contributed by atoms with Crippen molar-refractivity contribution >= 4 is 22.3 Å². The Labute approximate surface area is 102 Å². The van der Waals surface area contributed by atoms with Gasteiger partial charge < -0.3 is 5.11 Å². The quantitative estimate of drug-likeness (QED) is 0.895. The van der Waals surface area contributed by atoms with Crippen LogP contribution in [0.3, 0.4) is 0 Å². The lowest BCUT2D eigenvalue weighted by Gasteiger charge is -2.11. The van der Waals surface area contributed by atoms with Gasteiger partial charge in [0.05, 0.1) is 5.92 Å².